The average molecular weight is 161 g/mol. The SMILES string of the molecule is O=C1NC[CH]Nc2ccccc21. The molecule has 0 atom stereocenters. The summed E-state index contributed by atoms with van der Waals surface area (Å²) in [6.45, 7) is 2.39. The Morgan fingerprint density at radius 3 is 3.00 bits per heavy atom. The first kappa shape index (κ1) is 7.16. The standard InChI is InChI=1S/C9H9N2O/c12-9-7-3-1-2-4-8(7)10-5-6-11-9/h1-5,10H,6H2,(H,11,12). The van der Waals surface area contributed by atoms with Gasteiger partial charge in [-0.15, -0.1) is 0 Å². The third kappa shape index (κ3) is 1.13. The van der Waals surface area contributed by atoms with Crippen molar-refractivity contribution in [1.82, 2.24) is 5.32 Å². The molecule has 0 spiro atoms. The van der Waals surface area contributed by atoms with E-state index in [-0.39, 0.29) is 5.91 Å². The molecular weight excluding hydrogens is 152 g/mol. The summed E-state index contributed by atoms with van der Waals surface area (Å²) in [4.78, 5) is 11.3. The van der Waals surface area contributed by atoms with Crippen LogP contribution in [0.5, 0.6) is 0 Å². The summed E-state index contributed by atoms with van der Waals surface area (Å²) in [5.41, 5.74) is 1.57. The normalized spacial score (nSPS) is 15.5. The molecule has 1 radical (unpaired) electrons. The second-order valence-electron chi connectivity index (χ2n) is 2.60. The maximum atomic E-state index is 11.3. The Bertz CT molecular complexity index is 309. The van der Waals surface area contributed by atoms with Crippen molar-refractivity contribution in [2.45, 2.75) is 0 Å². The fraction of sp³-hybridized carbons (Fsp3) is 0.111. The van der Waals surface area contributed by atoms with Crippen molar-refractivity contribution in [3.8, 4) is 0 Å². The summed E-state index contributed by atoms with van der Waals surface area (Å²) >= 11 is 0. The Labute approximate surface area is 70.8 Å². The van der Waals surface area contributed by atoms with Crippen molar-refractivity contribution < 1.29 is 4.79 Å². The molecule has 1 aliphatic rings. The first-order chi connectivity index (χ1) is 5.88. The van der Waals surface area contributed by atoms with E-state index in [1.807, 2.05) is 24.7 Å². The summed E-state index contributed by atoms with van der Waals surface area (Å²) in [5, 5.41) is 5.79. The summed E-state index contributed by atoms with van der Waals surface area (Å²) in [6, 6.07) is 7.44. The first-order valence-corrected chi connectivity index (χ1v) is 3.83. The molecule has 1 heterocycles. The van der Waals surface area contributed by atoms with Gasteiger partial charge in [-0.3, -0.25) is 4.79 Å². The summed E-state index contributed by atoms with van der Waals surface area (Å²) in [5.74, 6) is -0.0214. The fourth-order valence-electron chi connectivity index (χ4n) is 1.21. The molecule has 1 amide bonds. The van der Waals surface area contributed by atoms with E-state index in [0.717, 1.165) is 5.69 Å². The lowest BCUT2D eigenvalue weighted by atomic mass is 10.2. The molecule has 0 bridgehead atoms. The number of benzene rings is 1. The van der Waals surface area contributed by atoms with Crippen LogP contribution in [0, 0.1) is 6.54 Å². The molecule has 2 rings (SSSR count). The minimum absolute atomic E-state index is 0.0214. The lowest BCUT2D eigenvalue weighted by molar-refractivity contribution is 0.0959. The Balaban J connectivity index is 2.46. The molecule has 0 aliphatic carbocycles. The van der Waals surface area contributed by atoms with Gasteiger partial charge in [0.2, 0.25) is 0 Å². The largest absolute Gasteiger partial charge is 0.378 e. The lowest BCUT2D eigenvalue weighted by Crippen LogP contribution is -2.22. The monoisotopic (exact) mass is 161 g/mol. The zero-order valence-electron chi connectivity index (χ0n) is 6.50. The third-order valence-electron chi connectivity index (χ3n) is 1.79. The topological polar surface area (TPSA) is 41.1 Å². The van der Waals surface area contributed by atoms with Crippen molar-refractivity contribution in [3.05, 3.63) is 36.4 Å². The molecule has 1 aromatic carbocycles. The van der Waals surface area contributed by atoms with Gasteiger partial charge in [-0.2, -0.15) is 0 Å². The number of nitrogens with one attached hydrogen (secondary N) is 2. The number of anilines is 1. The number of fused-ring (bicyclic) bond motifs is 1. The predicted octanol–water partition coefficient (Wildman–Crippen LogP) is 1.00. The zero-order chi connectivity index (χ0) is 8.39. The average Bonchev–Trinajstić information content (AvgIpc) is 2.29. The van der Waals surface area contributed by atoms with Gasteiger partial charge in [0.25, 0.3) is 5.91 Å². The van der Waals surface area contributed by atoms with Crippen molar-refractivity contribution in [1.29, 1.82) is 0 Å². The summed E-state index contributed by atoms with van der Waals surface area (Å²) in [7, 11) is 0. The molecule has 1 aromatic rings. The number of carbonyl (C=O) groups is 1. The Kier molecular flexibility index (Phi) is 1.70. The highest BCUT2D eigenvalue weighted by Gasteiger charge is 2.12. The minimum Gasteiger partial charge on any atom is -0.378 e. The molecule has 12 heavy (non-hydrogen) atoms. The fourth-order valence-corrected chi connectivity index (χ4v) is 1.21. The van der Waals surface area contributed by atoms with Crippen LogP contribution in [-0.4, -0.2) is 12.5 Å². The quantitative estimate of drug-likeness (QED) is 0.596. The van der Waals surface area contributed by atoms with Gasteiger partial charge >= 0.3 is 0 Å². The van der Waals surface area contributed by atoms with Gasteiger partial charge in [0.15, 0.2) is 0 Å². The van der Waals surface area contributed by atoms with Crippen LogP contribution in [0.15, 0.2) is 24.3 Å². The first-order valence-electron chi connectivity index (χ1n) is 3.83. The molecule has 1 aliphatic heterocycles. The second kappa shape index (κ2) is 2.85. The third-order valence-corrected chi connectivity index (χ3v) is 1.79. The molecule has 0 saturated heterocycles. The molecule has 61 valence electrons. The molecule has 3 nitrogen and oxygen atoms in total. The van der Waals surface area contributed by atoms with Crippen LogP contribution in [-0.2, 0) is 0 Å². The van der Waals surface area contributed by atoms with Crippen LogP contribution in [0.4, 0.5) is 5.69 Å². The van der Waals surface area contributed by atoms with Gasteiger partial charge < -0.3 is 10.6 Å². The van der Waals surface area contributed by atoms with E-state index in [2.05, 4.69) is 10.6 Å². The maximum absolute atomic E-state index is 11.3. The van der Waals surface area contributed by atoms with E-state index in [1.54, 1.807) is 6.07 Å². The number of hydrogen-bond donors (Lipinski definition) is 2. The van der Waals surface area contributed by atoms with Crippen molar-refractivity contribution in [3.63, 3.8) is 0 Å². The highest BCUT2D eigenvalue weighted by Crippen LogP contribution is 2.16. The van der Waals surface area contributed by atoms with Crippen LogP contribution in [0.3, 0.4) is 0 Å². The number of carbonyl (C=O) groups excluding carboxylic acids is 1. The molecule has 0 aromatic heterocycles. The Morgan fingerprint density at radius 2 is 2.08 bits per heavy atom. The van der Waals surface area contributed by atoms with Gasteiger partial charge in [-0.1, -0.05) is 12.1 Å². The smallest absolute Gasteiger partial charge is 0.253 e. The highest BCUT2D eigenvalue weighted by atomic mass is 16.1. The van der Waals surface area contributed by atoms with Crippen LogP contribution in [0.1, 0.15) is 10.4 Å². The van der Waals surface area contributed by atoms with Gasteiger partial charge in [0.1, 0.15) is 0 Å². The van der Waals surface area contributed by atoms with Crippen LogP contribution >= 0.6 is 0 Å². The van der Waals surface area contributed by atoms with E-state index in [0.29, 0.717) is 12.1 Å². The van der Waals surface area contributed by atoms with Gasteiger partial charge in [-0.25, -0.2) is 0 Å². The van der Waals surface area contributed by atoms with E-state index in [1.165, 1.54) is 0 Å². The molecule has 0 fully saturated rings. The van der Waals surface area contributed by atoms with Crippen molar-refractivity contribution in [2.24, 2.45) is 0 Å². The number of para-hydroxylation sites is 1. The second-order valence-corrected chi connectivity index (χ2v) is 2.60. The number of rotatable bonds is 0. The van der Waals surface area contributed by atoms with Crippen molar-refractivity contribution in [2.75, 3.05) is 11.9 Å². The highest BCUT2D eigenvalue weighted by molar-refractivity contribution is 6.00. The molecule has 0 saturated carbocycles. The maximum Gasteiger partial charge on any atom is 0.253 e. The molecule has 0 unspecified atom stereocenters. The zero-order valence-corrected chi connectivity index (χ0v) is 6.50. The van der Waals surface area contributed by atoms with Crippen LogP contribution < -0.4 is 10.6 Å². The molecule has 2 N–H and O–H groups in total. The lowest BCUT2D eigenvalue weighted by Gasteiger charge is -2.02. The number of hydrogen-bond acceptors (Lipinski definition) is 2. The Morgan fingerprint density at radius 1 is 1.25 bits per heavy atom. The van der Waals surface area contributed by atoms with E-state index < -0.39 is 0 Å². The summed E-state index contributed by atoms with van der Waals surface area (Å²) in [6.07, 6.45) is 0. The van der Waals surface area contributed by atoms with E-state index >= 15 is 0 Å². The molecular formula is C9H9N2O. The Hall–Kier alpha value is -1.51. The molecule has 3 heteroatoms. The summed E-state index contributed by atoms with van der Waals surface area (Å²) < 4.78 is 0. The van der Waals surface area contributed by atoms with Gasteiger partial charge in [-0.05, 0) is 12.1 Å². The number of amides is 1. The van der Waals surface area contributed by atoms with Gasteiger partial charge in [0, 0.05) is 12.2 Å². The van der Waals surface area contributed by atoms with Crippen LogP contribution in [0.2, 0.25) is 0 Å². The van der Waals surface area contributed by atoms with E-state index in [4.69, 9.17) is 0 Å². The predicted molar refractivity (Wildman–Crippen MR) is 46.7 cm³/mol. The van der Waals surface area contributed by atoms with Crippen LogP contribution in [0.25, 0.3) is 0 Å². The minimum atomic E-state index is -0.0214. The van der Waals surface area contributed by atoms with E-state index in [9.17, 15) is 4.79 Å². The van der Waals surface area contributed by atoms with Gasteiger partial charge in [0.05, 0.1) is 12.1 Å². The van der Waals surface area contributed by atoms with Crippen molar-refractivity contribution >= 4 is 11.6 Å².